The summed E-state index contributed by atoms with van der Waals surface area (Å²) in [4.78, 5) is 24.5. The van der Waals surface area contributed by atoms with Gasteiger partial charge in [-0.25, -0.2) is 0 Å². The fourth-order valence-corrected chi connectivity index (χ4v) is 1.70. The molecule has 1 N–H and O–H groups in total. The van der Waals surface area contributed by atoms with Crippen molar-refractivity contribution in [3.05, 3.63) is 0 Å². The van der Waals surface area contributed by atoms with Crippen LogP contribution >= 0.6 is 0 Å². The lowest BCUT2D eigenvalue weighted by Gasteiger charge is -2.28. The predicted molar refractivity (Wildman–Crippen MR) is 61.0 cm³/mol. The molecule has 0 aromatic carbocycles. The van der Waals surface area contributed by atoms with Crippen molar-refractivity contribution in [2.24, 2.45) is 11.3 Å². The summed E-state index contributed by atoms with van der Waals surface area (Å²) in [6.45, 7) is 5.20. The number of carboxylic acid groups (broad SMARTS) is 1. The number of carbonyl (C=O) groups excluding carboxylic acids is 1. The number of carbonyl (C=O) groups is 2. The monoisotopic (exact) mass is 227 g/mol. The normalized spacial score (nSPS) is 18.0. The van der Waals surface area contributed by atoms with E-state index in [0.717, 1.165) is 0 Å². The second kappa shape index (κ2) is 4.44. The summed E-state index contributed by atoms with van der Waals surface area (Å²) >= 11 is 0. The molecule has 4 nitrogen and oxygen atoms in total. The van der Waals surface area contributed by atoms with Crippen LogP contribution in [0.1, 0.15) is 40.0 Å². The molecule has 1 rings (SSSR count). The fourth-order valence-electron chi connectivity index (χ4n) is 1.70. The van der Waals surface area contributed by atoms with E-state index in [9.17, 15) is 9.59 Å². The maximum Gasteiger partial charge on any atom is 0.309 e. The molecule has 0 aromatic rings. The molecule has 16 heavy (non-hydrogen) atoms. The largest absolute Gasteiger partial charge is 0.481 e. The maximum atomic E-state index is 11.9. The molecule has 1 unspecified atom stereocenters. The number of aliphatic carboxylic acids is 1. The van der Waals surface area contributed by atoms with Gasteiger partial charge in [-0.05, 0) is 39.5 Å². The smallest absolute Gasteiger partial charge is 0.309 e. The Morgan fingerprint density at radius 1 is 1.44 bits per heavy atom. The Labute approximate surface area is 96.6 Å². The highest BCUT2D eigenvalue weighted by Crippen LogP contribution is 2.35. The quantitative estimate of drug-likeness (QED) is 0.778. The summed E-state index contributed by atoms with van der Waals surface area (Å²) in [5.41, 5.74) is -0.978. The third kappa shape index (κ3) is 2.97. The van der Waals surface area contributed by atoms with Gasteiger partial charge in [0.05, 0.1) is 5.41 Å². The zero-order chi connectivity index (χ0) is 12.5. The molecule has 1 aliphatic rings. The van der Waals surface area contributed by atoms with Gasteiger partial charge in [0.25, 0.3) is 0 Å². The van der Waals surface area contributed by atoms with Gasteiger partial charge in [0.1, 0.15) is 0 Å². The first kappa shape index (κ1) is 13.0. The van der Waals surface area contributed by atoms with Gasteiger partial charge in [-0.15, -0.1) is 0 Å². The molecule has 0 radical (unpaired) electrons. The molecule has 0 saturated heterocycles. The first-order valence-corrected chi connectivity index (χ1v) is 5.75. The summed E-state index contributed by atoms with van der Waals surface area (Å²) in [6.07, 6.45) is 2.43. The Morgan fingerprint density at radius 2 is 1.94 bits per heavy atom. The zero-order valence-corrected chi connectivity index (χ0v) is 10.5. The number of rotatable bonds is 5. The van der Waals surface area contributed by atoms with Gasteiger partial charge in [0, 0.05) is 19.5 Å². The number of hydrogen-bond donors (Lipinski definition) is 1. The van der Waals surface area contributed by atoms with E-state index in [0.29, 0.717) is 5.92 Å². The van der Waals surface area contributed by atoms with Crippen LogP contribution in [0.4, 0.5) is 0 Å². The maximum absolute atomic E-state index is 11.9. The second-order valence-electron chi connectivity index (χ2n) is 5.45. The van der Waals surface area contributed by atoms with Gasteiger partial charge in [-0.2, -0.15) is 0 Å². The van der Waals surface area contributed by atoms with Crippen LogP contribution in [-0.4, -0.2) is 35.0 Å². The average Bonchev–Trinajstić information content (AvgIpc) is 2.97. The summed E-state index contributed by atoms with van der Waals surface area (Å²) < 4.78 is 0. The van der Waals surface area contributed by atoms with Crippen LogP contribution in [0.2, 0.25) is 0 Å². The SMILES string of the molecule is CC(C1CC1)N(C)C(=O)CC(C)(C)C(=O)O. The number of amides is 1. The zero-order valence-electron chi connectivity index (χ0n) is 10.5. The minimum absolute atomic E-state index is 0.0654. The van der Waals surface area contributed by atoms with E-state index in [1.54, 1.807) is 25.8 Å². The molecule has 1 fully saturated rings. The topological polar surface area (TPSA) is 57.6 Å². The lowest BCUT2D eigenvalue weighted by molar-refractivity contribution is -0.151. The number of nitrogens with zero attached hydrogens (tertiary/aromatic N) is 1. The van der Waals surface area contributed by atoms with Crippen LogP contribution in [0.5, 0.6) is 0 Å². The van der Waals surface area contributed by atoms with Crippen molar-refractivity contribution in [2.45, 2.75) is 46.1 Å². The van der Waals surface area contributed by atoms with Gasteiger partial charge in [-0.3, -0.25) is 9.59 Å². The second-order valence-corrected chi connectivity index (χ2v) is 5.45. The molecule has 0 aliphatic heterocycles. The van der Waals surface area contributed by atoms with Crippen LogP contribution in [0.25, 0.3) is 0 Å². The highest BCUT2D eigenvalue weighted by atomic mass is 16.4. The Balaban J connectivity index is 2.54. The number of carboxylic acids is 1. The Bertz CT molecular complexity index is 295. The highest BCUT2D eigenvalue weighted by molar-refractivity contribution is 5.84. The molecule has 1 atom stereocenters. The average molecular weight is 227 g/mol. The van der Waals surface area contributed by atoms with Crippen molar-refractivity contribution in [1.29, 1.82) is 0 Å². The molecular weight excluding hydrogens is 206 g/mol. The summed E-state index contributed by atoms with van der Waals surface area (Å²) in [7, 11) is 1.77. The van der Waals surface area contributed by atoms with E-state index >= 15 is 0 Å². The van der Waals surface area contributed by atoms with Gasteiger partial charge in [-0.1, -0.05) is 0 Å². The molecule has 92 valence electrons. The van der Waals surface area contributed by atoms with Crippen molar-refractivity contribution >= 4 is 11.9 Å². The van der Waals surface area contributed by atoms with Crippen molar-refractivity contribution < 1.29 is 14.7 Å². The summed E-state index contributed by atoms with van der Waals surface area (Å²) in [5, 5.41) is 8.96. The van der Waals surface area contributed by atoms with Gasteiger partial charge >= 0.3 is 5.97 Å². The van der Waals surface area contributed by atoms with E-state index in [1.165, 1.54) is 12.8 Å². The van der Waals surface area contributed by atoms with Gasteiger partial charge < -0.3 is 10.0 Å². The van der Waals surface area contributed by atoms with Crippen LogP contribution in [0.15, 0.2) is 0 Å². The van der Waals surface area contributed by atoms with Crippen LogP contribution < -0.4 is 0 Å². The van der Waals surface area contributed by atoms with Crippen LogP contribution in [-0.2, 0) is 9.59 Å². The Hall–Kier alpha value is -1.06. The van der Waals surface area contributed by atoms with Crippen molar-refractivity contribution in [1.82, 2.24) is 4.90 Å². The Morgan fingerprint density at radius 3 is 2.31 bits per heavy atom. The molecule has 1 aliphatic carbocycles. The van der Waals surface area contributed by atoms with Crippen LogP contribution in [0.3, 0.4) is 0 Å². The van der Waals surface area contributed by atoms with E-state index in [2.05, 4.69) is 0 Å². The highest BCUT2D eigenvalue weighted by Gasteiger charge is 2.36. The van der Waals surface area contributed by atoms with E-state index in [1.807, 2.05) is 6.92 Å². The lowest BCUT2D eigenvalue weighted by Crippen LogP contribution is -2.40. The first-order chi connectivity index (χ1) is 7.25. The minimum atomic E-state index is -0.978. The summed E-state index contributed by atoms with van der Waals surface area (Å²) in [5.74, 6) is -0.387. The molecule has 0 bridgehead atoms. The molecule has 0 aromatic heterocycles. The first-order valence-electron chi connectivity index (χ1n) is 5.75. The van der Waals surface area contributed by atoms with Crippen LogP contribution in [0, 0.1) is 11.3 Å². The minimum Gasteiger partial charge on any atom is -0.481 e. The van der Waals surface area contributed by atoms with E-state index in [4.69, 9.17) is 5.11 Å². The molecular formula is C12H21NO3. The standard InChI is InChI=1S/C12H21NO3/c1-8(9-5-6-9)13(4)10(14)7-12(2,3)11(15)16/h8-9H,5-7H2,1-4H3,(H,15,16). The van der Waals surface area contributed by atoms with Crippen molar-refractivity contribution in [3.8, 4) is 0 Å². The molecule has 4 heteroatoms. The van der Waals surface area contributed by atoms with E-state index < -0.39 is 11.4 Å². The van der Waals surface area contributed by atoms with Gasteiger partial charge in [0.15, 0.2) is 0 Å². The fraction of sp³-hybridized carbons (Fsp3) is 0.833. The van der Waals surface area contributed by atoms with Crippen molar-refractivity contribution in [3.63, 3.8) is 0 Å². The predicted octanol–water partition coefficient (Wildman–Crippen LogP) is 1.74. The Kier molecular flexibility index (Phi) is 3.61. The van der Waals surface area contributed by atoms with Crippen molar-refractivity contribution in [2.75, 3.05) is 7.05 Å². The third-order valence-corrected chi connectivity index (χ3v) is 3.48. The summed E-state index contributed by atoms with van der Waals surface area (Å²) in [6, 6.07) is 0.233. The number of hydrogen-bond acceptors (Lipinski definition) is 2. The molecule has 0 heterocycles. The molecule has 1 amide bonds. The lowest BCUT2D eigenvalue weighted by atomic mass is 9.89. The molecule has 1 saturated carbocycles. The van der Waals surface area contributed by atoms with E-state index in [-0.39, 0.29) is 18.4 Å². The van der Waals surface area contributed by atoms with Gasteiger partial charge in [0.2, 0.25) is 5.91 Å². The third-order valence-electron chi connectivity index (χ3n) is 3.48. The molecule has 0 spiro atoms.